The topological polar surface area (TPSA) is 46.4 Å². The minimum absolute atomic E-state index is 0.222. The van der Waals surface area contributed by atoms with Crippen LogP contribution in [0.25, 0.3) is 6.08 Å². The predicted octanol–water partition coefficient (Wildman–Crippen LogP) is 2.96. The molecule has 0 bridgehead atoms. The van der Waals surface area contributed by atoms with Gasteiger partial charge in [-0.2, -0.15) is 4.31 Å². The van der Waals surface area contributed by atoms with E-state index in [4.69, 9.17) is 4.74 Å². The minimum Gasteiger partial charge on any atom is -0.468 e. The van der Waals surface area contributed by atoms with Crippen LogP contribution in [-0.2, 0) is 20.5 Å². The molecule has 2 aromatic rings. The Morgan fingerprint density at radius 2 is 1.79 bits per heavy atom. The Bertz CT molecular complexity index is 771. The van der Waals surface area contributed by atoms with Gasteiger partial charge in [0.25, 0.3) is 0 Å². The van der Waals surface area contributed by atoms with Gasteiger partial charge in [-0.1, -0.05) is 60.2 Å². The summed E-state index contributed by atoms with van der Waals surface area (Å²) in [5.41, 5.74) is 2.14. The lowest BCUT2D eigenvalue weighted by Crippen LogP contribution is -2.16. The van der Waals surface area contributed by atoms with Gasteiger partial charge in [-0.05, 0) is 24.6 Å². The second-order valence-corrected chi connectivity index (χ2v) is 7.04. The number of ether oxygens (including phenoxy) is 1. The number of carbonyl (C=O) groups excluding carboxylic acids is 1. The van der Waals surface area contributed by atoms with Crippen LogP contribution in [0.1, 0.15) is 11.1 Å². The molecule has 2 unspecified atom stereocenters. The standard InChI is InChI=1S/C19H19NO3S/c1-14-8-11-16(12-9-14)24(22)20-17(18(20)19(21)23-2)13-10-15-6-4-3-5-7-15/h3-13,17-18H,1-2H3/b13-10+/t17-,18+,20?,24?/m1/s1. The van der Waals surface area contributed by atoms with Crippen LogP contribution in [-0.4, -0.2) is 33.7 Å². The van der Waals surface area contributed by atoms with Gasteiger partial charge in [-0.3, -0.25) is 4.79 Å². The third-order valence-corrected chi connectivity index (χ3v) is 5.47. The molecule has 0 N–H and O–H groups in total. The van der Waals surface area contributed by atoms with Crippen LogP contribution in [0.15, 0.2) is 65.6 Å². The van der Waals surface area contributed by atoms with E-state index < -0.39 is 17.0 Å². The lowest BCUT2D eigenvalue weighted by molar-refractivity contribution is -0.140. The lowest BCUT2D eigenvalue weighted by Gasteiger charge is -2.04. The average molecular weight is 341 g/mol. The van der Waals surface area contributed by atoms with E-state index in [1.54, 1.807) is 4.31 Å². The highest BCUT2D eigenvalue weighted by atomic mass is 32.2. The molecule has 1 aliphatic heterocycles. The summed E-state index contributed by atoms with van der Waals surface area (Å²) in [4.78, 5) is 12.6. The number of nitrogens with zero attached hydrogens (tertiary/aromatic N) is 1. The van der Waals surface area contributed by atoms with Crippen LogP contribution in [0, 0.1) is 6.92 Å². The van der Waals surface area contributed by atoms with Gasteiger partial charge >= 0.3 is 5.97 Å². The Labute approximate surface area is 144 Å². The highest BCUT2D eigenvalue weighted by molar-refractivity contribution is 7.83. The molecule has 1 heterocycles. The maximum atomic E-state index is 12.8. The number of carbonyl (C=O) groups is 1. The first-order chi connectivity index (χ1) is 11.6. The molecule has 2 aromatic carbocycles. The fourth-order valence-electron chi connectivity index (χ4n) is 2.55. The Morgan fingerprint density at radius 1 is 1.12 bits per heavy atom. The molecule has 1 saturated heterocycles. The van der Waals surface area contributed by atoms with Gasteiger partial charge in [-0.25, -0.2) is 4.21 Å². The molecule has 3 rings (SSSR count). The molecule has 5 heteroatoms. The Morgan fingerprint density at radius 3 is 2.42 bits per heavy atom. The second kappa shape index (κ2) is 7.11. The number of esters is 1. The first-order valence-corrected chi connectivity index (χ1v) is 8.80. The molecule has 4 atom stereocenters. The summed E-state index contributed by atoms with van der Waals surface area (Å²) in [7, 11) is -0.0385. The number of benzene rings is 2. The third kappa shape index (κ3) is 3.47. The Balaban J connectivity index is 1.80. The maximum absolute atomic E-state index is 12.8. The summed E-state index contributed by atoms with van der Waals surface area (Å²) in [6.07, 6.45) is 3.84. The van der Waals surface area contributed by atoms with E-state index in [-0.39, 0.29) is 12.0 Å². The second-order valence-electron chi connectivity index (χ2n) is 5.65. The molecular weight excluding hydrogens is 322 g/mol. The molecular formula is C19H19NO3S. The van der Waals surface area contributed by atoms with Crippen molar-refractivity contribution in [2.24, 2.45) is 0 Å². The molecule has 1 fully saturated rings. The zero-order chi connectivity index (χ0) is 17.1. The van der Waals surface area contributed by atoms with Crippen LogP contribution in [0.4, 0.5) is 0 Å². The van der Waals surface area contributed by atoms with Gasteiger partial charge in [0, 0.05) is 0 Å². The van der Waals surface area contributed by atoms with Crippen LogP contribution in [0.2, 0.25) is 0 Å². The van der Waals surface area contributed by atoms with Gasteiger partial charge in [0.1, 0.15) is 17.0 Å². The summed E-state index contributed by atoms with van der Waals surface area (Å²) >= 11 is 0. The predicted molar refractivity (Wildman–Crippen MR) is 94.5 cm³/mol. The molecule has 0 spiro atoms. The van der Waals surface area contributed by atoms with E-state index in [0.29, 0.717) is 4.90 Å². The van der Waals surface area contributed by atoms with E-state index in [1.807, 2.05) is 73.7 Å². The van der Waals surface area contributed by atoms with Crippen LogP contribution in [0.5, 0.6) is 0 Å². The smallest absolute Gasteiger partial charge is 0.326 e. The van der Waals surface area contributed by atoms with Gasteiger partial charge < -0.3 is 4.74 Å². The number of aryl methyl sites for hydroxylation is 1. The quantitative estimate of drug-likeness (QED) is 0.620. The van der Waals surface area contributed by atoms with Crippen molar-refractivity contribution in [2.75, 3.05) is 7.11 Å². The lowest BCUT2D eigenvalue weighted by atomic mass is 10.2. The van der Waals surface area contributed by atoms with Gasteiger partial charge in [0.15, 0.2) is 0 Å². The summed E-state index contributed by atoms with van der Waals surface area (Å²) in [6, 6.07) is 16.6. The highest BCUT2D eigenvalue weighted by Crippen LogP contribution is 2.35. The van der Waals surface area contributed by atoms with Gasteiger partial charge in [0.05, 0.1) is 18.0 Å². The summed E-state index contributed by atoms with van der Waals surface area (Å²) in [5.74, 6) is -0.363. The number of rotatable bonds is 5. The zero-order valence-electron chi connectivity index (χ0n) is 13.6. The molecule has 124 valence electrons. The van der Waals surface area contributed by atoms with Crippen molar-refractivity contribution < 1.29 is 13.7 Å². The summed E-state index contributed by atoms with van der Waals surface area (Å²) in [6.45, 7) is 1.98. The minimum atomic E-state index is -1.39. The Hall–Kier alpha value is -2.24. The highest BCUT2D eigenvalue weighted by Gasteiger charge is 2.55. The fraction of sp³-hybridized carbons (Fsp3) is 0.211. The average Bonchev–Trinajstić information content (AvgIpc) is 3.34. The third-order valence-electron chi connectivity index (χ3n) is 3.94. The molecule has 1 aliphatic rings. The van der Waals surface area contributed by atoms with Crippen molar-refractivity contribution in [1.82, 2.24) is 4.31 Å². The van der Waals surface area contributed by atoms with Gasteiger partial charge in [0.2, 0.25) is 0 Å². The van der Waals surface area contributed by atoms with Crippen LogP contribution < -0.4 is 0 Å². The van der Waals surface area contributed by atoms with Crippen molar-refractivity contribution in [3.8, 4) is 0 Å². The summed E-state index contributed by atoms with van der Waals surface area (Å²) in [5, 5.41) is 0. The van der Waals surface area contributed by atoms with E-state index in [1.165, 1.54) is 7.11 Å². The van der Waals surface area contributed by atoms with Crippen molar-refractivity contribution in [1.29, 1.82) is 0 Å². The van der Waals surface area contributed by atoms with E-state index in [9.17, 15) is 9.00 Å². The molecule has 4 nitrogen and oxygen atoms in total. The molecule has 0 aromatic heterocycles. The first-order valence-electron chi connectivity index (χ1n) is 7.70. The van der Waals surface area contributed by atoms with Crippen molar-refractivity contribution in [3.05, 3.63) is 71.8 Å². The van der Waals surface area contributed by atoms with Crippen molar-refractivity contribution in [2.45, 2.75) is 23.9 Å². The number of methoxy groups -OCH3 is 1. The van der Waals surface area contributed by atoms with E-state index in [0.717, 1.165) is 11.1 Å². The SMILES string of the molecule is COC(=O)[C@@H]1[C@@H](/C=C/c2ccccc2)N1S(=O)c1ccc(C)cc1. The molecule has 24 heavy (non-hydrogen) atoms. The molecule has 0 saturated carbocycles. The van der Waals surface area contributed by atoms with Gasteiger partial charge in [-0.15, -0.1) is 0 Å². The zero-order valence-corrected chi connectivity index (χ0v) is 14.4. The number of hydrogen-bond acceptors (Lipinski definition) is 3. The fourth-order valence-corrected chi connectivity index (χ4v) is 3.93. The normalized spacial score (nSPS) is 23.8. The monoisotopic (exact) mass is 341 g/mol. The largest absolute Gasteiger partial charge is 0.468 e. The van der Waals surface area contributed by atoms with E-state index in [2.05, 4.69) is 0 Å². The molecule has 0 aliphatic carbocycles. The van der Waals surface area contributed by atoms with Crippen molar-refractivity contribution in [3.63, 3.8) is 0 Å². The first kappa shape index (κ1) is 16.6. The molecule has 0 radical (unpaired) electrons. The van der Waals surface area contributed by atoms with Crippen molar-refractivity contribution >= 4 is 23.0 Å². The Kier molecular flexibility index (Phi) is 4.92. The van der Waals surface area contributed by atoms with Crippen LogP contribution in [0.3, 0.4) is 0 Å². The molecule has 0 amide bonds. The van der Waals surface area contributed by atoms with E-state index >= 15 is 0 Å². The van der Waals surface area contributed by atoms with Crippen LogP contribution >= 0.6 is 0 Å². The summed E-state index contributed by atoms with van der Waals surface area (Å²) < 4.78 is 19.3. The maximum Gasteiger partial charge on any atom is 0.326 e. The number of hydrogen-bond donors (Lipinski definition) is 0.